The van der Waals surface area contributed by atoms with Gasteiger partial charge in [-0.1, -0.05) is 23.4 Å². The topological polar surface area (TPSA) is 115 Å². The van der Waals surface area contributed by atoms with E-state index < -0.39 is 12.2 Å². The van der Waals surface area contributed by atoms with Crippen molar-refractivity contribution in [1.29, 1.82) is 0 Å². The van der Waals surface area contributed by atoms with Gasteiger partial charge in [-0.05, 0) is 49.2 Å². The number of nitrogens with zero attached hydrogens (tertiary/aromatic N) is 1. The number of aliphatic hydroxyl groups is 1. The van der Waals surface area contributed by atoms with Crippen LogP contribution in [-0.2, 0) is 17.8 Å². The number of methoxy groups -OCH3 is 1. The Balaban J connectivity index is 1.22. The van der Waals surface area contributed by atoms with E-state index in [-0.39, 0.29) is 25.3 Å². The first-order valence-electron chi connectivity index (χ1n) is 11.2. The maximum Gasteiger partial charge on any atom is 0.319 e. The Labute approximate surface area is 198 Å². The van der Waals surface area contributed by atoms with Crippen molar-refractivity contribution in [1.82, 2.24) is 10.5 Å². The normalized spacial score (nSPS) is 19.9. The van der Waals surface area contributed by atoms with Gasteiger partial charge in [0.1, 0.15) is 24.2 Å². The van der Waals surface area contributed by atoms with E-state index in [0.29, 0.717) is 36.5 Å². The highest BCUT2D eigenvalue weighted by molar-refractivity contribution is 5.89. The van der Waals surface area contributed by atoms with Crippen LogP contribution in [0.3, 0.4) is 0 Å². The van der Waals surface area contributed by atoms with Gasteiger partial charge in [0.2, 0.25) is 0 Å². The number of para-hydroxylation sites is 1. The molecular formula is C25H29N3O6. The van der Waals surface area contributed by atoms with Gasteiger partial charge in [-0.3, -0.25) is 0 Å². The van der Waals surface area contributed by atoms with Crippen molar-refractivity contribution in [3.63, 3.8) is 0 Å². The molecule has 2 aromatic carbocycles. The number of aromatic nitrogens is 1. The maximum atomic E-state index is 12.2. The molecule has 0 spiro atoms. The van der Waals surface area contributed by atoms with Crippen molar-refractivity contribution >= 4 is 11.7 Å². The highest BCUT2D eigenvalue weighted by Gasteiger charge is 2.30. The number of anilines is 1. The molecule has 1 saturated heterocycles. The van der Waals surface area contributed by atoms with E-state index in [0.717, 1.165) is 11.4 Å². The molecule has 3 aromatic rings. The molecule has 9 nitrogen and oxygen atoms in total. The van der Waals surface area contributed by atoms with Crippen LogP contribution >= 0.6 is 0 Å². The van der Waals surface area contributed by atoms with Crippen molar-refractivity contribution in [2.24, 2.45) is 0 Å². The van der Waals surface area contributed by atoms with Crippen LogP contribution in [0.2, 0.25) is 0 Å². The number of hydrogen-bond donors (Lipinski definition) is 3. The number of carbonyl (C=O) groups excluding carboxylic acids is 1. The summed E-state index contributed by atoms with van der Waals surface area (Å²) in [6, 6.07) is 18.0. The predicted molar refractivity (Wildman–Crippen MR) is 125 cm³/mol. The van der Waals surface area contributed by atoms with Gasteiger partial charge in [0.25, 0.3) is 0 Å². The number of nitrogens with one attached hydrogen (secondary N) is 2. The fraction of sp³-hybridized carbons (Fsp3) is 0.360. The van der Waals surface area contributed by atoms with E-state index in [1.165, 1.54) is 0 Å². The highest BCUT2D eigenvalue weighted by atomic mass is 16.5. The summed E-state index contributed by atoms with van der Waals surface area (Å²) in [4.78, 5) is 12.2. The molecule has 180 valence electrons. The zero-order valence-corrected chi connectivity index (χ0v) is 19.0. The Morgan fingerprint density at radius 1 is 1.12 bits per heavy atom. The molecule has 1 aliphatic rings. The maximum absolute atomic E-state index is 12.2. The lowest BCUT2D eigenvalue weighted by atomic mass is 9.98. The van der Waals surface area contributed by atoms with Gasteiger partial charge in [0.05, 0.1) is 25.0 Å². The molecule has 0 saturated carbocycles. The van der Waals surface area contributed by atoms with Crippen molar-refractivity contribution in [3.05, 3.63) is 72.1 Å². The van der Waals surface area contributed by atoms with Crippen LogP contribution in [0.4, 0.5) is 10.5 Å². The molecule has 3 atom stereocenters. The van der Waals surface area contributed by atoms with E-state index in [1.54, 1.807) is 31.4 Å². The second kappa shape index (κ2) is 11.5. The number of amides is 2. The van der Waals surface area contributed by atoms with Crippen LogP contribution in [0.1, 0.15) is 24.3 Å². The van der Waals surface area contributed by atoms with Crippen LogP contribution in [-0.4, -0.2) is 48.3 Å². The lowest BCUT2D eigenvalue weighted by molar-refractivity contribution is -0.113. The molecule has 0 radical (unpaired) electrons. The number of hydrogen-bond acceptors (Lipinski definition) is 7. The van der Waals surface area contributed by atoms with E-state index in [2.05, 4.69) is 15.8 Å². The molecule has 4 rings (SSSR count). The first kappa shape index (κ1) is 23.6. The SMILES string of the molecule is COc1ccc(NC(=O)NCC2OC(Cc3cc(COc4ccccc4)on3)CCC2O)cc1. The smallest absolute Gasteiger partial charge is 0.319 e. The zero-order chi connectivity index (χ0) is 23.8. The minimum absolute atomic E-state index is 0.132. The van der Waals surface area contributed by atoms with Crippen LogP contribution in [0.5, 0.6) is 11.5 Å². The molecule has 2 heterocycles. The molecular weight excluding hydrogens is 438 g/mol. The quantitative estimate of drug-likeness (QED) is 0.441. The Morgan fingerprint density at radius 2 is 1.91 bits per heavy atom. The average molecular weight is 468 g/mol. The van der Waals surface area contributed by atoms with E-state index in [9.17, 15) is 9.90 Å². The summed E-state index contributed by atoms with van der Waals surface area (Å²) in [6.45, 7) is 0.478. The molecule has 0 bridgehead atoms. The molecule has 9 heteroatoms. The van der Waals surface area contributed by atoms with E-state index >= 15 is 0 Å². The fourth-order valence-corrected chi connectivity index (χ4v) is 3.75. The first-order chi connectivity index (χ1) is 16.6. The van der Waals surface area contributed by atoms with Gasteiger partial charge < -0.3 is 34.5 Å². The molecule has 0 aliphatic carbocycles. The number of ether oxygens (including phenoxy) is 3. The van der Waals surface area contributed by atoms with Crippen molar-refractivity contribution in [3.8, 4) is 11.5 Å². The lowest BCUT2D eigenvalue weighted by Gasteiger charge is -2.33. The monoisotopic (exact) mass is 467 g/mol. The second-order valence-electron chi connectivity index (χ2n) is 8.10. The zero-order valence-electron chi connectivity index (χ0n) is 19.0. The Hall–Kier alpha value is -3.56. The molecule has 1 aliphatic heterocycles. The van der Waals surface area contributed by atoms with Crippen LogP contribution in [0.15, 0.2) is 65.2 Å². The summed E-state index contributed by atoms with van der Waals surface area (Å²) in [5, 5.41) is 20.0. The van der Waals surface area contributed by atoms with Gasteiger partial charge in [0.15, 0.2) is 5.76 Å². The van der Waals surface area contributed by atoms with Gasteiger partial charge in [-0.2, -0.15) is 0 Å². The van der Waals surface area contributed by atoms with Gasteiger partial charge in [0, 0.05) is 24.7 Å². The lowest BCUT2D eigenvalue weighted by Crippen LogP contribution is -2.47. The van der Waals surface area contributed by atoms with Crippen LogP contribution in [0.25, 0.3) is 0 Å². The molecule has 3 unspecified atom stereocenters. The minimum atomic E-state index is -0.648. The Bertz CT molecular complexity index is 1040. The average Bonchev–Trinajstić information content (AvgIpc) is 3.31. The van der Waals surface area contributed by atoms with Crippen LogP contribution < -0.4 is 20.1 Å². The third-order valence-corrected chi connectivity index (χ3v) is 5.56. The summed E-state index contributed by atoms with van der Waals surface area (Å²) in [5.41, 5.74) is 1.40. The summed E-state index contributed by atoms with van der Waals surface area (Å²) >= 11 is 0. The summed E-state index contributed by atoms with van der Waals surface area (Å²) in [7, 11) is 1.58. The van der Waals surface area contributed by atoms with Crippen molar-refractivity contribution in [2.45, 2.75) is 44.2 Å². The van der Waals surface area contributed by atoms with E-state index in [4.69, 9.17) is 18.7 Å². The number of aliphatic hydroxyl groups excluding tert-OH is 1. The molecule has 1 aromatic heterocycles. The largest absolute Gasteiger partial charge is 0.497 e. The standard InChI is InChI=1S/C25H29N3O6/c1-31-19-9-7-17(8-10-19)27-25(30)26-15-24-23(29)12-11-21(33-24)13-18-14-22(34-28-18)16-32-20-5-3-2-4-6-20/h2-10,14,21,23-24,29H,11-13,15-16H2,1H3,(H2,26,27,30). The molecule has 34 heavy (non-hydrogen) atoms. The second-order valence-corrected chi connectivity index (χ2v) is 8.10. The number of urea groups is 1. The van der Waals surface area contributed by atoms with Gasteiger partial charge in [-0.15, -0.1) is 0 Å². The summed E-state index contributed by atoms with van der Waals surface area (Å²) < 4.78 is 22.2. The molecule has 1 fully saturated rings. The molecule has 3 N–H and O–H groups in total. The fourth-order valence-electron chi connectivity index (χ4n) is 3.75. The highest BCUT2D eigenvalue weighted by Crippen LogP contribution is 2.23. The third-order valence-electron chi connectivity index (χ3n) is 5.56. The number of carbonyl (C=O) groups is 1. The molecule has 2 amide bonds. The van der Waals surface area contributed by atoms with Crippen LogP contribution in [0, 0.1) is 0 Å². The van der Waals surface area contributed by atoms with Gasteiger partial charge in [-0.25, -0.2) is 4.79 Å². The number of rotatable bonds is 9. The minimum Gasteiger partial charge on any atom is -0.497 e. The van der Waals surface area contributed by atoms with Crippen molar-refractivity contribution in [2.75, 3.05) is 19.0 Å². The predicted octanol–water partition coefficient (Wildman–Crippen LogP) is 3.53. The van der Waals surface area contributed by atoms with Gasteiger partial charge >= 0.3 is 6.03 Å². The Kier molecular flexibility index (Phi) is 8.00. The summed E-state index contributed by atoms with van der Waals surface area (Å²) in [5.74, 6) is 2.10. The number of benzene rings is 2. The Morgan fingerprint density at radius 3 is 2.68 bits per heavy atom. The van der Waals surface area contributed by atoms with Crippen molar-refractivity contribution < 1.29 is 28.6 Å². The van der Waals surface area contributed by atoms with E-state index in [1.807, 2.05) is 36.4 Å². The first-order valence-corrected chi connectivity index (χ1v) is 11.2. The summed E-state index contributed by atoms with van der Waals surface area (Å²) in [6.07, 6.45) is 0.540. The third kappa shape index (κ3) is 6.72.